The predicted octanol–water partition coefficient (Wildman–Crippen LogP) is 6.75. The molecule has 2 saturated carbocycles. The van der Waals surface area contributed by atoms with Crippen molar-refractivity contribution in [2.45, 2.75) is 108 Å². The average Bonchev–Trinajstić information content (AvgIpc) is 3.31. The monoisotopic (exact) mass is 603 g/mol. The van der Waals surface area contributed by atoms with Crippen LogP contribution in [0.5, 0.6) is 0 Å². The van der Waals surface area contributed by atoms with Crippen LogP contribution in [0.3, 0.4) is 0 Å². The minimum atomic E-state index is -0.315. The highest BCUT2D eigenvalue weighted by Gasteiger charge is 2.43. The van der Waals surface area contributed by atoms with Gasteiger partial charge >= 0.3 is 0 Å². The van der Waals surface area contributed by atoms with E-state index in [9.17, 15) is 14.4 Å². The van der Waals surface area contributed by atoms with Gasteiger partial charge in [0.15, 0.2) is 0 Å². The molecule has 3 amide bonds. The highest BCUT2D eigenvalue weighted by atomic mass is 32.2. The van der Waals surface area contributed by atoms with Crippen molar-refractivity contribution in [2.75, 3.05) is 6.54 Å². The number of amides is 3. The number of nitrogens with one attached hydrogen (secondary N) is 2. The van der Waals surface area contributed by atoms with Crippen LogP contribution in [0.4, 0.5) is 0 Å². The van der Waals surface area contributed by atoms with E-state index < -0.39 is 0 Å². The minimum absolute atomic E-state index is 0.0166. The lowest BCUT2D eigenvalue weighted by Gasteiger charge is -2.50. The molecule has 7 heteroatoms. The Labute approximate surface area is 262 Å². The van der Waals surface area contributed by atoms with Gasteiger partial charge in [0.25, 0.3) is 5.91 Å². The number of carbonyl (C=O) groups is 3. The van der Waals surface area contributed by atoms with Gasteiger partial charge in [0.05, 0.1) is 0 Å². The molecule has 0 aromatic heterocycles. The molecule has 2 aliphatic carbocycles. The molecule has 0 radical (unpaired) electrons. The lowest BCUT2D eigenvalue weighted by Crippen LogP contribution is -2.48. The van der Waals surface area contributed by atoms with Gasteiger partial charge in [-0.15, -0.1) is 11.8 Å². The zero-order valence-corrected chi connectivity index (χ0v) is 27.2. The molecule has 43 heavy (non-hydrogen) atoms. The van der Waals surface area contributed by atoms with Crippen molar-refractivity contribution < 1.29 is 14.4 Å². The van der Waals surface area contributed by atoms with Crippen LogP contribution in [0.25, 0.3) is 0 Å². The average molecular weight is 604 g/mol. The van der Waals surface area contributed by atoms with Crippen molar-refractivity contribution in [3.63, 3.8) is 0 Å². The fourth-order valence-electron chi connectivity index (χ4n) is 8.08. The van der Waals surface area contributed by atoms with Gasteiger partial charge in [0.2, 0.25) is 12.3 Å². The van der Waals surface area contributed by atoms with Gasteiger partial charge in [0, 0.05) is 41.3 Å². The van der Waals surface area contributed by atoms with Gasteiger partial charge < -0.3 is 10.2 Å². The van der Waals surface area contributed by atoms with E-state index in [0.717, 1.165) is 52.5 Å². The third-order valence-electron chi connectivity index (χ3n) is 10.5. The first-order valence-corrected chi connectivity index (χ1v) is 17.2. The standard InChI is InChI=1S/C36H49N3O3S/c1-24-16-29-18-30(17-24)20-36(4,19-29)26(3)37-15-14-27-9-11-28(12-10-27)22-43-33-7-5-6-31-32(33)21-39(35(31)42)25(2)8-13-34(41)38-23-40/h5-7,9-12,23-26,29-30,37H,8,13-22H2,1-4H3,(H,38,40,41). The van der Waals surface area contributed by atoms with Gasteiger partial charge in [-0.05, 0) is 117 Å². The second kappa shape index (κ2) is 14.0. The maximum absolute atomic E-state index is 13.1. The molecule has 2 fully saturated rings. The summed E-state index contributed by atoms with van der Waals surface area (Å²) >= 11 is 1.78. The Morgan fingerprint density at radius 2 is 1.77 bits per heavy atom. The molecule has 1 heterocycles. The predicted molar refractivity (Wildman–Crippen MR) is 174 cm³/mol. The molecule has 232 valence electrons. The Hall–Kier alpha value is -2.64. The van der Waals surface area contributed by atoms with E-state index in [4.69, 9.17) is 0 Å². The van der Waals surface area contributed by atoms with Gasteiger partial charge in [-0.25, -0.2) is 0 Å². The Morgan fingerprint density at radius 1 is 1.07 bits per heavy atom. The number of hydrogen-bond donors (Lipinski definition) is 2. The number of thioether (sulfide) groups is 1. The molecule has 2 aromatic carbocycles. The fraction of sp³-hybridized carbons (Fsp3) is 0.583. The summed E-state index contributed by atoms with van der Waals surface area (Å²) in [6.07, 6.45) is 9.25. The molecule has 1 aliphatic heterocycles. The third kappa shape index (κ3) is 7.72. The van der Waals surface area contributed by atoms with Gasteiger partial charge in [-0.2, -0.15) is 0 Å². The lowest BCUT2D eigenvalue weighted by atomic mass is 9.57. The molecule has 6 nitrogen and oxygen atoms in total. The van der Waals surface area contributed by atoms with Crippen LogP contribution in [0, 0.1) is 23.2 Å². The summed E-state index contributed by atoms with van der Waals surface area (Å²) in [5.74, 6) is 3.32. The van der Waals surface area contributed by atoms with Crippen LogP contribution in [0.1, 0.15) is 99.7 Å². The van der Waals surface area contributed by atoms with E-state index in [2.05, 4.69) is 61.7 Å². The summed E-state index contributed by atoms with van der Waals surface area (Å²) in [5.41, 5.74) is 4.89. The van der Waals surface area contributed by atoms with Crippen molar-refractivity contribution in [3.05, 3.63) is 64.7 Å². The SMILES string of the molecule is CC1CC2CC(C1)CC(C)(C(C)NCCc1ccc(CSc3cccc4c3CN(C(C)CCC(=O)NC=O)C4=O)cc1)C2. The maximum Gasteiger partial charge on any atom is 0.254 e. The highest BCUT2D eigenvalue weighted by Crippen LogP contribution is 2.51. The lowest BCUT2D eigenvalue weighted by molar-refractivity contribution is -0.125. The first-order valence-electron chi connectivity index (χ1n) is 16.2. The Kier molecular flexibility index (Phi) is 10.3. The first-order chi connectivity index (χ1) is 20.6. The third-order valence-corrected chi connectivity index (χ3v) is 11.6. The molecular formula is C36H49N3O3S. The van der Waals surface area contributed by atoms with Crippen LogP contribution in [-0.4, -0.2) is 41.8 Å². The first kappa shape index (κ1) is 31.8. The zero-order chi connectivity index (χ0) is 30.6. The quantitative estimate of drug-likeness (QED) is 0.196. The highest BCUT2D eigenvalue weighted by molar-refractivity contribution is 7.98. The minimum Gasteiger partial charge on any atom is -0.332 e. The Morgan fingerprint density at radius 3 is 2.47 bits per heavy atom. The Balaban J connectivity index is 1.09. The largest absolute Gasteiger partial charge is 0.332 e. The van der Waals surface area contributed by atoms with E-state index >= 15 is 0 Å². The Bertz CT molecular complexity index is 1280. The molecule has 2 bridgehead atoms. The number of rotatable bonds is 13. The number of nitrogens with zero attached hydrogens (tertiary/aromatic N) is 1. The van der Waals surface area contributed by atoms with E-state index in [1.54, 1.807) is 11.8 Å². The molecule has 2 aromatic rings. The smallest absolute Gasteiger partial charge is 0.254 e. The van der Waals surface area contributed by atoms with Crippen molar-refractivity contribution >= 4 is 30.0 Å². The van der Waals surface area contributed by atoms with Crippen LogP contribution < -0.4 is 10.6 Å². The van der Waals surface area contributed by atoms with Crippen molar-refractivity contribution in [2.24, 2.45) is 23.2 Å². The van der Waals surface area contributed by atoms with Crippen molar-refractivity contribution in [3.8, 4) is 0 Å². The molecule has 3 aliphatic rings. The number of imide groups is 1. The molecule has 2 N–H and O–H groups in total. The molecule has 4 unspecified atom stereocenters. The molecular weight excluding hydrogens is 554 g/mol. The van der Waals surface area contributed by atoms with Gasteiger partial charge in [-0.1, -0.05) is 44.2 Å². The normalized spacial score (nSPS) is 26.1. The summed E-state index contributed by atoms with van der Waals surface area (Å²) in [6.45, 7) is 10.9. The van der Waals surface area contributed by atoms with Crippen molar-refractivity contribution in [1.82, 2.24) is 15.5 Å². The topological polar surface area (TPSA) is 78.5 Å². The molecule has 4 atom stereocenters. The van der Waals surface area contributed by atoms with Crippen LogP contribution in [-0.2, 0) is 28.3 Å². The number of hydrogen-bond acceptors (Lipinski definition) is 5. The van der Waals surface area contributed by atoms with Crippen LogP contribution >= 0.6 is 11.8 Å². The van der Waals surface area contributed by atoms with E-state index in [1.807, 2.05) is 24.0 Å². The van der Waals surface area contributed by atoms with E-state index in [0.29, 0.717) is 30.8 Å². The molecule has 5 rings (SSSR count). The summed E-state index contributed by atoms with van der Waals surface area (Å²) in [6, 6.07) is 15.4. The number of carbonyl (C=O) groups excluding carboxylic acids is 3. The van der Waals surface area contributed by atoms with Gasteiger partial charge in [0.1, 0.15) is 0 Å². The second-order valence-electron chi connectivity index (χ2n) is 13.9. The molecule has 0 spiro atoms. The fourth-order valence-corrected chi connectivity index (χ4v) is 9.12. The van der Waals surface area contributed by atoms with Gasteiger partial charge in [-0.3, -0.25) is 19.7 Å². The number of fused-ring (bicyclic) bond motifs is 3. The maximum atomic E-state index is 13.1. The zero-order valence-electron chi connectivity index (χ0n) is 26.4. The van der Waals surface area contributed by atoms with E-state index in [-0.39, 0.29) is 24.3 Å². The van der Waals surface area contributed by atoms with E-state index in [1.165, 1.54) is 43.2 Å². The van der Waals surface area contributed by atoms with Crippen LogP contribution in [0.15, 0.2) is 47.4 Å². The second-order valence-corrected chi connectivity index (χ2v) is 14.9. The summed E-state index contributed by atoms with van der Waals surface area (Å²) in [5, 5.41) is 6.06. The molecule has 0 saturated heterocycles. The summed E-state index contributed by atoms with van der Waals surface area (Å²) < 4.78 is 0. The van der Waals surface area contributed by atoms with Crippen molar-refractivity contribution in [1.29, 1.82) is 0 Å². The summed E-state index contributed by atoms with van der Waals surface area (Å²) in [7, 11) is 0. The summed E-state index contributed by atoms with van der Waals surface area (Å²) in [4.78, 5) is 38.3. The van der Waals surface area contributed by atoms with Crippen LogP contribution in [0.2, 0.25) is 0 Å². The number of benzene rings is 2.